The molecule has 2 N–H and O–H groups in total. The van der Waals surface area contributed by atoms with Crippen molar-refractivity contribution >= 4 is 28.9 Å². The molecule has 0 aliphatic carbocycles. The number of carbonyl (C=O) groups excluding carboxylic acids is 2. The lowest BCUT2D eigenvalue weighted by atomic mass is 10.1. The second-order valence-corrected chi connectivity index (χ2v) is 8.58. The van der Waals surface area contributed by atoms with Crippen LogP contribution in [0, 0.1) is 0 Å². The maximum atomic E-state index is 12.3. The van der Waals surface area contributed by atoms with Crippen molar-refractivity contribution in [2.24, 2.45) is 0 Å². The number of nitrogens with two attached hydrogens (primary N) is 1. The van der Waals surface area contributed by atoms with Gasteiger partial charge in [0.15, 0.2) is 0 Å². The Morgan fingerprint density at radius 1 is 1.06 bits per heavy atom. The molecule has 1 atom stereocenters. The Bertz CT molecular complexity index is 1190. The van der Waals surface area contributed by atoms with E-state index in [1.807, 2.05) is 62.1 Å². The van der Waals surface area contributed by atoms with Crippen molar-refractivity contribution in [3.8, 4) is 11.3 Å². The fourth-order valence-corrected chi connectivity index (χ4v) is 3.39. The zero-order valence-corrected chi connectivity index (χ0v) is 18.3. The van der Waals surface area contributed by atoms with E-state index in [4.69, 9.17) is 10.5 Å². The topological polar surface area (TPSA) is 111 Å². The summed E-state index contributed by atoms with van der Waals surface area (Å²) in [6.45, 7) is 6.28. The number of carbonyl (C=O) groups is 2. The third-order valence-corrected chi connectivity index (χ3v) is 4.92. The number of nitrogens with zero attached hydrogens (tertiary/aromatic N) is 4. The van der Waals surface area contributed by atoms with Crippen LogP contribution < -0.4 is 5.73 Å². The van der Waals surface area contributed by atoms with Crippen molar-refractivity contribution in [2.45, 2.75) is 38.8 Å². The van der Waals surface area contributed by atoms with Crippen LogP contribution in [0.3, 0.4) is 0 Å². The first-order valence-corrected chi connectivity index (χ1v) is 10.4. The quantitative estimate of drug-likeness (QED) is 0.376. The molecule has 2 aliphatic rings. The first-order chi connectivity index (χ1) is 15.2. The van der Waals surface area contributed by atoms with Gasteiger partial charge in [-0.25, -0.2) is 19.7 Å². The van der Waals surface area contributed by atoms with Crippen LogP contribution in [0.4, 0.5) is 5.95 Å². The first-order valence-electron chi connectivity index (χ1n) is 10.4. The van der Waals surface area contributed by atoms with Gasteiger partial charge in [0.05, 0.1) is 5.52 Å². The summed E-state index contributed by atoms with van der Waals surface area (Å²) in [6, 6.07) is 13.1. The smallest absolute Gasteiger partial charge is 0.357 e. The monoisotopic (exact) mass is 431 g/mol. The number of rotatable bonds is 2. The van der Waals surface area contributed by atoms with Crippen molar-refractivity contribution < 1.29 is 14.3 Å². The SMILES string of the molecule is CC(C)(C)OC(=O)c1ccc2nc(N)nc(-c3ccccc3)c2n1.O=C1C2CC=CCN12. The maximum Gasteiger partial charge on any atom is 0.357 e. The number of esters is 1. The fraction of sp³-hybridized carbons (Fsp3) is 0.292. The lowest BCUT2D eigenvalue weighted by Crippen LogP contribution is -2.24. The molecule has 32 heavy (non-hydrogen) atoms. The molecular formula is C24H25N5O3. The van der Waals surface area contributed by atoms with Gasteiger partial charge in [-0.3, -0.25) is 4.79 Å². The molecule has 2 aromatic heterocycles. The molecular weight excluding hydrogens is 406 g/mol. The van der Waals surface area contributed by atoms with Gasteiger partial charge in [-0.05, 0) is 39.3 Å². The third kappa shape index (κ3) is 4.74. The minimum absolute atomic E-state index is 0.160. The average molecular weight is 431 g/mol. The van der Waals surface area contributed by atoms with Gasteiger partial charge in [0.1, 0.15) is 28.5 Å². The molecule has 5 rings (SSSR count). The Labute approximate surface area is 186 Å². The van der Waals surface area contributed by atoms with Gasteiger partial charge in [0.25, 0.3) is 0 Å². The van der Waals surface area contributed by atoms with Gasteiger partial charge >= 0.3 is 5.97 Å². The predicted molar refractivity (Wildman–Crippen MR) is 122 cm³/mol. The van der Waals surface area contributed by atoms with E-state index >= 15 is 0 Å². The van der Waals surface area contributed by atoms with Gasteiger partial charge in [-0.2, -0.15) is 0 Å². The van der Waals surface area contributed by atoms with Crippen LogP contribution in [-0.4, -0.2) is 49.9 Å². The summed E-state index contributed by atoms with van der Waals surface area (Å²) in [5.74, 6) is 0.00316. The summed E-state index contributed by atoms with van der Waals surface area (Å²) in [4.78, 5) is 37.7. The summed E-state index contributed by atoms with van der Waals surface area (Å²) in [6.07, 6.45) is 5.06. The normalized spacial score (nSPS) is 16.8. The molecule has 164 valence electrons. The minimum atomic E-state index is -0.590. The molecule has 0 radical (unpaired) electrons. The van der Waals surface area contributed by atoms with Crippen molar-refractivity contribution in [3.63, 3.8) is 0 Å². The van der Waals surface area contributed by atoms with Crippen molar-refractivity contribution in [2.75, 3.05) is 12.3 Å². The summed E-state index contributed by atoms with van der Waals surface area (Å²) in [5, 5.41) is 0. The van der Waals surface area contributed by atoms with E-state index in [0.29, 0.717) is 22.6 Å². The highest BCUT2D eigenvalue weighted by atomic mass is 16.6. The number of amides is 1. The second-order valence-electron chi connectivity index (χ2n) is 8.58. The largest absolute Gasteiger partial charge is 0.455 e. The number of hydrogen-bond acceptors (Lipinski definition) is 7. The molecule has 8 nitrogen and oxygen atoms in total. The molecule has 1 unspecified atom stereocenters. The second kappa shape index (κ2) is 8.37. The van der Waals surface area contributed by atoms with Crippen molar-refractivity contribution in [1.29, 1.82) is 0 Å². The van der Waals surface area contributed by atoms with E-state index in [1.54, 1.807) is 12.1 Å². The molecule has 1 saturated heterocycles. The van der Waals surface area contributed by atoms with Gasteiger partial charge < -0.3 is 15.4 Å². The van der Waals surface area contributed by atoms with E-state index in [1.165, 1.54) is 0 Å². The standard InChI is InChI=1S/C18H18N4O2.C6H7NO/c1-18(2,3)24-16(23)13-10-9-12-15(20-13)14(22-17(19)21-12)11-7-5-4-6-8-11;8-6-5-3-1-2-4-7(5)6/h4-10H,1-3H3,(H2,19,21,22);1-2,5H,3-4H2. The molecule has 1 fully saturated rings. The van der Waals surface area contributed by atoms with Crippen LogP contribution in [0.25, 0.3) is 22.3 Å². The average Bonchev–Trinajstić information content (AvgIpc) is 3.43. The number of ether oxygens (including phenoxy) is 1. The van der Waals surface area contributed by atoms with Gasteiger partial charge in [0.2, 0.25) is 11.9 Å². The lowest BCUT2D eigenvalue weighted by Gasteiger charge is -2.19. The molecule has 1 aromatic carbocycles. The Kier molecular flexibility index (Phi) is 5.61. The van der Waals surface area contributed by atoms with Crippen molar-refractivity contribution in [1.82, 2.24) is 19.9 Å². The van der Waals surface area contributed by atoms with E-state index in [9.17, 15) is 9.59 Å². The predicted octanol–water partition coefficient (Wildman–Crippen LogP) is 3.39. The Morgan fingerprint density at radius 3 is 2.44 bits per heavy atom. The highest BCUT2D eigenvalue weighted by Crippen LogP contribution is 2.27. The Morgan fingerprint density at radius 2 is 1.81 bits per heavy atom. The van der Waals surface area contributed by atoms with E-state index < -0.39 is 11.6 Å². The lowest BCUT2D eigenvalue weighted by molar-refractivity contribution is -0.113. The zero-order valence-electron chi connectivity index (χ0n) is 18.3. The zero-order chi connectivity index (χ0) is 22.9. The maximum absolute atomic E-state index is 12.3. The Balaban J connectivity index is 0.000000254. The first kappa shape index (κ1) is 21.4. The number of benzene rings is 1. The minimum Gasteiger partial charge on any atom is -0.455 e. The van der Waals surface area contributed by atoms with Gasteiger partial charge in [-0.15, -0.1) is 0 Å². The number of nitrogen functional groups attached to an aromatic ring is 1. The molecule has 2 aliphatic heterocycles. The van der Waals surface area contributed by atoms with E-state index in [0.717, 1.165) is 18.5 Å². The van der Waals surface area contributed by atoms with Crippen LogP contribution in [-0.2, 0) is 9.53 Å². The number of fused-ring (bicyclic) bond motifs is 2. The number of hydrogen-bond donors (Lipinski definition) is 1. The fourth-order valence-electron chi connectivity index (χ4n) is 3.39. The van der Waals surface area contributed by atoms with Crippen LogP contribution in [0.1, 0.15) is 37.7 Å². The van der Waals surface area contributed by atoms with Crippen LogP contribution in [0.15, 0.2) is 54.6 Å². The molecule has 4 heterocycles. The molecule has 3 aromatic rings. The summed E-state index contributed by atoms with van der Waals surface area (Å²) < 4.78 is 5.38. The highest BCUT2D eigenvalue weighted by molar-refractivity contribution is 5.97. The summed E-state index contributed by atoms with van der Waals surface area (Å²) in [7, 11) is 0. The van der Waals surface area contributed by atoms with Crippen LogP contribution >= 0.6 is 0 Å². The molecule has 8 heteroatoms. The van der Waals surface area contributed by atoms with Crippen LogP contribution in [0.2, 0.25) is 0 Å². The van der Waals surface area contributed by atoms with Crippen molar-refractivity contribution in [3.05, 3.63) is 60.3 Å². The third-order valence-electron chi connectivity index (χ3n) is 4.92. The molecule has 1 amide bonds. The summed E-state index contributed by atoms with van der Waals surface area (Å²) >= 11 is 0. The van der Waals surface area contributed by atoms with Gasteiger partial charge in [-0.1, -0.05) is 42.5 Å². The van der Waals surface area contributed by atoms with E-state index in [-0.39, 0.29) is 17.7 Å². The number of pyridine rings is 1. The Hall–Kier alpha value is -3.81. The number of anilines is 1. The van der Waals surface area contributed by atoms with Gasteiger partial charge in [0, 0.05) is 12.1 Å². The van der Waals surface area contributed by atoms with Crippen LogP contribution in [0.5, 0.6) is 0 Å². The highest BCUT2D eigenvalue weighted by Gasteiger charge is 2.44. The van der Waals surface area contributed by atoms with E-state index in [2.05, 4.69) is 21.0 Å². The summed E-state index contributed by atoms with van der Waals surface area (Å²) in [5.41, 5.74) is 7.95. The molecule has 0 saturated carbocycles. The number of aromatic nitrogens is 3. The molecule has 0 spiro atoms. The molecule has 0 bridgehead atoms.